The van der Waals surface area contributed by atoms with Crippen LogP contribution in [0, 0.1) is 22.0 Å². The summed E-state index contributed by atoms with van der Waals surface area (Å²) < 4.78 is 0. The molecule has 1 aromatic heterocycles. The molecule has 0 bridgehead atoms. The van der Waals surface area contributed by atoms with E-state index < -0.39 is 4.92 Å². The second-order valence-electron chi connectivity index (χ2n) is 2.54. The van der Waals surface area contributed by atoms with E-state index in [1.54, 1.807) is 6.92 Å². The zero-order chi connectivity index (χ0) is 11.3. The predicted octanol–water partition coefficient (Wildman–Crippen LogP) is 2.08. The van der Waals surface area contributed by atoms with E-state index in [1.165, 1.54) is 12.1 Å². The van der Waals surface area contributed by atoms with Crippen LogP contribution in [-0.2, 0) is 0 Å². The monoisotopic (exact) mass is 225 g/mol. The molecule has 0 amide bonds. The Morgan fingerprint density at radius 2 is 2.40 bits per heavy atom. The Balaban J connectivity index is 2.95. The first kappa shape index (κ1) is 11.3. The van der Waals surface area contributed by atoms with Crippen LogP contribution in [-0.4, -0.2) is 16.5 Å². The third kappa shape index (κ3) is 3.11. The molecule has 0 aromatic carbocycles. The van der Waals surface area contributed by atoms with Gasteiger partial charge >= 0.3 is 5.69 Å². The van der Waals surface area contributed by atoms with Crippen molar-refractivity contribution < 1.29 is 4.92 Å². The van der Waals surface area contributed by atoms with Crippen molar-refractivity contribution in [1.82, 2.24) is 4.98 Å². The van der Waals surface area contributed by atoms with Crippen molar-refractivity contribution in [2.75, 3.05) is 11.9 Å². The molecule has 0 fully saturated rings. The number of nitrogens with one attached hydrogen (secondary N) is 1. The molecular weight excluding hydrogens is 218 g/mol. The topological polar surface area (TPSA) is 68.1 Å². The van der Waals surface area contributed by atoms with Crippen LogP contribution < -0.4 is 5.32 Å². The van der Waals surface area contributed by atoms with Crippen LogP contribution in [0.15, 0.2) is 12.1 Å². The summed E-state index contributed by atoms with van der Waals surface area (Å²) in [5.41, 5.74) is -0.114. The first-order valence-electron chi connectivity index (χ1n) is 4.09. The number of rotatable bonds is 3. The van der Waals surface area contributed by atoms with E-state index in [1.807, 2.05) is 0 Å². The second-order valence-corrected chi connectivity index (χ2v) is 2.93. The highest BCUT2D eigenvalue weighted by atomic mass is 35.5. The van der Waals surface area contributed by atoms with Gasteiger partial charge in [0.1, 0.15) is 5.15 Å². The molecule has 0 atom stereocenters. The first-order valence-corrected chi connectivity index (χ1v) is 4.47. The number of anilines is 1. The van der Waals surface area contributed by atoms with E-state index >= 15 is 0 Å². The molecule has 0 aliphatic rings. The van der Waals surface area contributed by atoms with Crippen LogP contribution in [0.25, 0.3) is 0 Å². The van der Waals surface area contributed by atoms with E-state index in [9.17, 15) is 10.1 Å². The van der Waals surface area contributed by atoms with Gasteiger partial charge in [-0.3, -0.25) is 10.1 Å². The molecular formula is C9H8ClN3O2. The van der Waals surface area contributed by atoms with E-state index in [0.29, 0.717) is 6.54 Å². The van der Waals surface area contributed by atoms with E-state index in [-0.39, 0.29) is 16.7 Å². The fourth-order valence-electron chi connectivity index (χ4n) is 0.922. The van der Waals surface area contributed by atoms with Gasteiger partial charge in [0.05, 0.1) is 11.5 Å². The van der Waals surface area contributed by atoms with Crippen LogP contribution >= 0.6 is 11.6 Å². The van der Waals surface area contributed by atoms with Gasteiger partial charge in [-0.2, -0.15) is 0 Å². The summed E-state index contributed by atoms with van der Waals surface area (Å²) in [5.74, 6) is 5.51. The summed E-state index contributed by atoms with van der Waals surface area (Å²) in [6, 6.07) is 2.67. The van der Waals surface area contributed by atoms with Gasteiger partial charge in [0.25, 0.3) is 0 Å². The Labute approximate surface area is 91.6 Å². The Morgan fingerprint density at radius 3 is 3.00 bits per heavy atom. The molecule has 0 saturated heterocycles. The Morgan fingerprint density at radius 1 is 1.67 bits per heavy atom. The average Bonchev–Trinajstić information content (AvgIpc) is 2.18. The molecule has 78 valence electrons. The van der Waals surface area contributed by atoms with E-state index in [4.69, 9.17) is 11.6 Å². The molecule has 1 rings (SSSR count). The van der Waals surface area contributed by atoms with Gasteiger partial charge in [-0.15, -0.1) is 5.92 Å². The minimum atomic E-state index is -0.523. The second kappa shape index (κ2) is 5.17. The van der Waals surface area contributed by atoms with Gasteiger partial charge in [-0.25, -0.2) is 4.98 Å². The van der Waals surface area contributed by atoms with Crippen molar-refractivity contribution in [3.8, 4) is 11.8 Å². The fourth-order valence-corrected chi connectivity index (χ4v) is 1.07. The summed E-state index contributed by atoms with van der Waals surface area (Å²) in [6.07, 6.45) is 0. The fraction of sp³-hybridized carbons (Fsp3) is 0.222. The van der Waals surface area contributed by atoms with Crippen molar-refractivity contribution in [3.05, 3.63) is 27.4 Å². The molecule has 1 N–H and O–H groups in total. The first-order chi connectivity index (χ1) is 7.15. The highest BCUT2D eigenvalue weighted by Gasteiger charge is 2.14. The normalized spacial score (nSPS) is 8.93. The van der Waals surface area contributed by atoms with E-state index in [2.05, 4.69) is 22.1 Å². The third-order valence-electron chi connectivity index (χ3n) is 1.56. The smallest absolute Gasteiger partial charge is 0.311 e. The highest BCUT2D eigenvalue weighted by molar-refractivity contribution is 6.29. The summed E-state index contributed by atoms with van der Waals surface area (Å²) >= 11 is 5.62. The van der Waals surface area contributed by atoms with Crippen LogP contribution in [0.2, 0.25) is 5.15 Å². The zero-order valence-corrected chi connectivity index (χ0v) is 8.71. The Kier molecular flexibility index (Phi) is 3.89. The van der Waals surface area contributed by atoms with Gasteiger partial charge in [-0.05, 0) is 13.0 Å². The number of nitro groups is 1. The molecule has 15 heavy (non-hydrogen) atoms. The van der Waals surface area contributed by atoms with Crippen LogP contribution in [0.4, 0.5) is 11.5 Å². The van der Waals surface area contributed by atoms with Crippen LogP contribution in [0.5, 0.6) is 0 Å². The molecule has 6 heteroatoms. The van der Waals surface area contributed by atoms with Crippen molar-refractivity contribution in [3.63, 3.8) is 0 Å². The molecule has 5 nitrogen and oxygen atoms in total. The molecule has 0 radical (unpaired) electrons. The molecule has 0 unspecified atom stereocenters. The maximum atomic E-state index is 10.6. The number of nitrogens with zero attached hydrogens (tertiary/aromatic N) is 2. The minimum Gasteiger partial charge on any atom is -0.353 e. The van der Waals surface area contributed by atoms with Crippen molar-refractivity contribution >= 4 is 23.1 Å². The number of aromatic nitrogens is 1. The van der Waals surface area contributed by atoms with Crippen molar-refractivity contribution in [2.45, 2.75) is 6.92 Å². The molecule has 1 aromatic rings. The van der Waals surface area contributed by atoms with Gasteiger partial charge in [0, 0.05) is 6.07 Å². The Hall–Kier alpha value is -1.80. The standard InChI is InChI=1S/C9H8ClN3O2/c1-2-3-6-11-9-7(13(14)15)4-5-8(10)12-9/h4-5H,6H2,1H3,(H,11,12). The van der Waals surface area contributed by atoms with Gasteiger partial charge in [-0.1, -0.05) is 17.5 Å². The lowest BCUT2D eigenvalue weighted by Crippen LogP contribution is -2.04. The van der Waals surface area contributed by atoms with E-state index in [0.717, 1.165) is 0 Å². The molecule has 0 aliphatic carbocycles. The van der Waals surface area contributed by atoms with Gasteiger partial charge < -0.3 is 5.32 Å². The lowest BCUT2D eigenvalue weighted by molar-refractivity contribution is -0.384. The lowest BCUT2D eigenvalue weighted by atomic mass is 10.4. The maximum Gasteiger partial charge on any atom is 0.311 e. The number of halogens is 1. The zero-order valence-electron chi connectivity index (χ0n) is 7.95. The largest absolute Gasteiger partial charge is 0.353 e. The summed E-state index contributed by atoms with van der Waals surface area (Å²) in [5, 5.41) is 13.5. The number of pyridine rings is 1. The predicted molar refractivity (Wildman–Crippen MR) is 57.8 cm³/mol. The SMILES string of the molecule is CC#CCNc1nc(Cl)ccc1[N+](=O)[O-]. The molecule has 1 heterocycles. The summed E-state index contributed by atoms with van der Waals surface area (Å²) in [6.45, 7) is 1.98. The van der Waals surface area contributed by atoms with Crippen molar-refractivity contribution in [2.24, 2.45) is 0 Å². The molecule has 0 aliphatic heterocycles. The van der Waals surface area contributed by atoms with Crippen LogP contribution in [0.3, 0.4) is 0 Å². The number of hydrogen-bond donors (Lipinski definition) is 1. The van der Waals surface area contributed by atoms with Crippen LogP contribution in [0.1, 0.15) is 6.92 Å². The third-order valence-corrected chi connectivity index (χ3v) is 1.77. The molecule has 0 saturated carbocycles. The summed E-state index contributed by atoms with van der Waals surface area (Å²) in [4.78, 5) is 13.9. The highest BCUT2D eigenvalue weighted by Crippen LogP contribution is 2.23. The minimum absolute atomic E-state index is 0.114. The maximum absolute atomic E-state index is 10.6. The number of hydrogen-bond acceptors (Lipinski definition) is 4. The van der Waals surface area contributed by atoms with Gasteiger partial charge in [0.15, 0.2) is 0 Å². The van der Waals surface area contributed by atoms with Crippen molar-refractivity contribution in [1.29, 1.82) is 0 Å². The lowest BCUT2D eigenvalue weighted by Gasteiger charge is -2.02. The average molecular weight is 226 g/mol. The van der Waals surface area contributed by atoms with Gasteiger partial charge in [0.2, 0.25) is 5.82 Å². The quantitative estimate of drug-likeness (QED) is 0.370. The Bertz CT molecular complexity index is 437. The molecule has 0 spiro atoms. The summed E-state index contributed by atoms with van der Waals surface area (Å²) in [7, 11) is 0.